The van der Waals surface area contributed by atoms with Crippen molar-refractivity contribution in [1.82, 2.24) is 5.32 Å². The van der Waals surface area contributed by atoms with Crippen LogP contribution in [0.2, 0.25) is 0 Å². The van der Waals surface area contributed by atoms with Gasteiger partial charge in [0.25, 0.3) is 0 Å². The smallest absolute Gasteiger partial charge is 0.307 e. The number of thioether (sulfide) groups is 1. The van der Waals surface area contributed by atoms with Gasteiger partial charge in [0.05, 0.1) is 5.92 Å². The summed E-state index contributed by atoms with van der Waals surface area (Å²) in [6, 6.07) is 0. The maximum atomic E-state index is 10.6. The Hall–Kier alpha value is -0.220. The van der Waals surface area contributed by atoms with Crippen LogP contribution in [0.5, 0.6) is 0 Å². The quantitative estimate of drug-likeness (QED) is 0.672. The molecule has 4 heteroatoms. The molecule has 2 aliphatic heterocycles. The van der Waals surface area contributed by atoms with Gasteiger partial charge < -0.3 is 10.4 Å². The van der Waals surface area contributed by atoms with Gasteiger partial charge in [-0.25, -0.2) is 0 Å². The first-order chi connectivity index (χ1) is 6.22. The number of carbonyl (C=O) groups is 1. The van der Waals surface area contributed by atoms with Gasteiger partial charge in [-0.3, -0.25) is 4.79 Å². The second-order valence-corrected chi connectivity index (χ2v) is 4.82. The van der Waals surface area contributed by atoms with Crippen LogP contribution in [0.3, 0.4) is 0 Å². The van der Waals surface area contributed by atoms with E-state index in [0.717, 1.165) is 25.3 Å². The number of hydrogen-bond donors (Lipinski definition) is 2. The summed E-state index contributed by atoms with van der Waals surface area (Å²) in [6.45, 7) is 6.00. The number of aliphatic carboxylic acids is 1. The van der Waals surface area contributed by atoms with Crippen LogP contribution >= 0.6 is 11.8 Å². The van der Waals surface area contributed by atoms with Gasteiger partial charge in [-0.15, -0.1) is 0 Å². The van der Waals surface area contributed by atoms with Crippen LogP contribution in [0.25, 0.3) is 0 Å². The minimum absolute atomic E-state index is 0.0953. The molecule has 0 amide bonds. The first-order valence-electron chi connectivity index (χ1n) is 4.79. The Balaban J connectivity index is 0.000000396. The molecule has 13 heavy (non-hydrogen) atoms. The van der Waals surface area contributed by atoms with E-state index in [1.165, 1.54) is 0 Å². The average molecular weight is 203 g/mol. The van der Waals surface area contributed by atoms with E-state index < -0.39 is 5.97 Å². The monoisotopic (exact) mass is 203 g/mol. The molecule has 2 rings (SSSR count). The number of carboxylic acids is 1. The SMILES string of the molecule is CC.O=C(O)C1CSC2(CNC2)C1. The molecule has 0 aromatic rings. The van der Waals surface area contributed by atoms with E-state index in [-0.39, 0.29) is 5.92 Å². The molecule has 0 aliphatic carbocycles. The van der Waals surface area contributed by atoms with Crippen LogP contribution in [0.4, 0.5) is 0 Å². The highest BCUT2D eigenvalue weighted by atomic mass is 32.2. The highest BCUT2D eigenvalue weighted by Gasteiger charge is 2.46. The fourth-order valence-electron chi connectivity index (χ4n) is 1.65. The Labute approximate surface area is 83.3 Å². The normalized spacial score (nSPS) is 28.9. The van der Waals surface area contributed by atoms with Crippen molar-refractivity contribution in [2.75, 3.05) is 18.8 Å². The zero-order valence-corrected chi connectivity index (χ0v) is 8.99. The van der Waals surface area contributed by atoms with Crippen molar-refractivity contribution in [3.63, 3.8) is 0 Å². The molecule has 2 aliphatic rings. The van der Waals surface area contributed by atoms with Gasteiger partial charge in [0.15, 0.2) is 0 Å². The van der Waals surface area contributed by atoms with Crippen LogP contribution in [-0.4, -0.2) is 34.7 Å². The van der Waals surface area contributed by atoms with Gasteiger partial charge in [-0.05, 0) is 6.42 Å². The molecule has 1 atom stereocenters. The van der Waals surface area contributed by atoms with E-state index in [2.05, 4.69) is 5.32 Å². The summed E-state index contributed by atoms with van der Waals surface area (Å²) in [5.41, 5.74) is 0. The first kappa shape index (κ1) is 10.9. The van der Waals surface area contributed by atoms with E-state index in [1.807, 2.05) is 25.6 Å². The van der Waals surface area contributed by atoms with Crippen molar-refractivity contribution >= 4 is 17.7 Å². The van der Waals surface area contributed by atoms with Crippen LogP contribution < -0.4 is 5.32 Å². The Morgan fingerprint density at radius 1 is 1.54 bits per heavy atom. The predicted octanol–water partition coefficient (Wildman–Crippen LogP) is 1.19. The maximum Gasteiger partial charge on any atom is 0.307 e. The largest absolute Gasteiger partial charge is 0.481 e. The number of carboxylic acid groups (broad SMARTS) is 1. The highest BCUT2D eigenvalue weighted by molar-refractivity contribution is 8.01. The fourth-order valence-corrected chi connectivity index (χ4v) is 3.20. The molecule has 0 aromatic carbocycles. The van der Waals surface area contributed by atoms with E-state index in [4.69, 9.17) is 5.11 Å². The second-order valence-electron chi connectivity index (χ2n) is 3.34. The molecule has 2 saturated heterocycles. The summed E-state index contributed by atoms with van der Waals surface area (Å²) >= 11 is 1.82. The Kier molecular flexibility index (Phi) is 3.62. The zero-order chi connectivity index (χ0) is 9.90. The molecule has 2 heterocycles. The Morgan fingerprint density at radius 3 is 2.38 bits per heavy atom. The molecule has 1 spiro atoms. The summed E-state index contributed by atoms with van der Waals surface area (Å²) in [7, 11) is 0. The number of nitrogens with one attached hydrogen (secondary N) is 1. The minimum atomic E-state index is -0.624. The number of rotatable bonds is 1. The Morgan fingerprint density at radius 2 is 2.15 bits per heavy atom. The summed E-state index contributed by atoms with van der Waals surface area (Å²) in [5.74, 6) is 0.0835. The zero-order valence-electron chi connectivity index (χ0n) is 8.17. The van der Waals surface area contributed by atoms with Gasteiger partial charge in [0, 0.05) is 23.6 Å². The Bertz CT molecular complexity index is 192. The van der Waals surface area contributed by atoms with Crippen LogP contribution in [-0.2, 0) is 4.79 Å². The lowest BCUT2D eigenvalue weighted by Gasteiger charge is -2.38. The molecule has 1 unspecified atom stereocenters. The van der Waals surface area contributed by atoms with Gasteiger partial charge in [0.1, 0.15) is 0 Å². The van der Waals surface area contributed by atoms with E-state index in [9.17, 15) is 4.79 Å². The molecule has 0 radical (unpaired) electrons. The highest BCUT2D eigenvalue weighted by Crippen LogP contribution is 2.43. The molecule has 0 bridgehead atoms. The molecule has 3 nitrogen and oxygen atoms in total. The average Bonchev–Trinajstić information content (AvgIpc) is 2.51. The standard InChI is InChI=1S/C7H11NO2S.C2H6/c9-6(10)5-1-7(11-2-5)3-8-4-7;1-2/h5,8H,1-4H2,(H,9,10);1-2H3. The van der Waals surface area contributed by atoms with Gasteiger partial charge in [-0.1, -0.05) is 13.8 Å². The summed E-state index contributed by atoms with van der Waals surface area (Å²) in [6.07, 6.45) is 0.861. The molecular weight excluding hydrogens is 186 g/mol. The molecule has 2 fully saturated rings. The van der Waals surface area contributed by atoms with Crippen molar-refractivity contribution in [1.29, 1.82) is 0 Å². The van der Waals surface area contributed by atoms with Gasteiger partial charge >= 0.3 is 5.97 Å². The first-order valence-corrected chi connectivity index (χ1v) is 5.78. The molecule has 76 valence electrons. The number of hydrogen-bond acceptors (Lipinski definition) is 3. The van der Waals surface area contributed by atoms with E-state index >= 15 is 0 Å². The third-order valence-corrected chi connectivity index (χ3v) is 4.09. The third-order valence-electron chi connectivity index (χ3n) is 2.45. The fraction of sp³-hybridized carbons (Fsp3) is 0.889. The summed E-state index contributed by atoms with van der Waals surface area (Å²) in [4.78, 5) is 10.6. The lowest BCUT2D eigenvalue weighted by Crippen LogP contribution is -2.55. The molecule has 0 saturated carbocycles. The second kappa shape index (κ2) is 4.33. The van der Waals surface area contributed by atoms with E-state index in [0.29, 0.717) is 4.75 Å². The van der Waals surface area contributed by atoms with Crippen LogP contribution in [0.15, 0.2) is 0 Å². The maximum absolute atomic E-state index is 10.6. The summed E-state index contributed by atoms with van der Waals surface area (Å²) < 4.78 is 0.295. The minimum Gasteiger partial charge on any atom is -0.481 e. The third kappa shape index (κ3) is 2.17. The van der Waals surface area contributed by atoms with Crippen LogP contribution in [0, 0.1) is 5.92 Å². The lowest BCUT2D eigenvalue weighted by atomic mass is 9.91. The van der Waals surface area contributed by atoms with Crippen molar-refractivity contribution in [3.05, 3.63) is 0 Å². The summed E-state index contributed by atoms with van der Waals surface area (Å²) in [5, 5.41) is 11.9. The van der Waals surface area contributed by atoms with Crippen molar-refractivity contribution < 1.29 is 9.90 Å². The van der Waals surface area contributed by atoms with Crippen LogP contribution in [0.1, 0.15) is 20.3 Å². The van der Waals surface area contributed by atoms with Crippen molar-refractivity contribution in [3.8, 4) is 0 Å². The van der Waals surface area contributed by atoms with E-state index in [1.54, 1.807) is 0 Å². The van der Waals surface area contributed by atoms with Crippen molar-refractivity contribution in [2.45, 2.75) is 25.0 Å². The van der Waals surface area contributed by atoms with Gasteiger partial charge in [0.2, 0.25) is 0 Å². The predicted molar refractivity (Wildman–Crippen MR) is 55.1 cm³/mol. The topological polar surface area (TPSA) is 49.3 Å². The lowest BCUT2D eigenvalue weighted by molar-refractivity contribution is -0.141. The van der Waals surface area contributed by atoms with Crippen molar-refractivity contribution in [2.24, 2.45) is 5.92 Å². The molecular formula is C9H17NO2S. The molecule has 0 aromatic heterocycles. The molecule has 2 N–H and O–H groups in total. The van der Waals surface area contributed by atoms with Gasteiger partial charge in [-0.2, -0.15) is 11.8 Å².